The Kier molecular flexibility index (Phi) is 4.12. The van der Waals surface area contributed by atoms with Crippen LogP contribution < -0.4 is 5.32 Å². The zero-order chi connectivity index (χ0) is 15.1. The van der Waals surface area contributed by atoms with E-state index in [2.05, 4.69) is 12.2 Å². The van der Waals surface area contributed by atoms with E-state index in [0.29, 0.717) is 0 Å². The Hall–Kier alpha value is -1.06. The van der Waals surface area contributed by atoms with E-state index in [0.717, 1.165) is 31.6 Å². The molecule has 1 N–H and O–H groups in total. The van der Waals surface area contributed by atoms with Crippen molar-refractivity contribution in [2.45, 2.75) is 78.4 Å². The summed E-state index contributed by atoms with van der Waals surface area (Å²) in [5, 5.41) is 2.90. The van der Waals surface area contributed by atoms with Crippen molar-refractivity contribution < 1.29 is 9.59 Å². The van der Waals surface area contributed by atoms with Gasteiger partial charge in [0, 0.05) is 6.04 Å². The normalized spacial score (nSPS) is 36.0. The Morgan fingerprint density at radius 1 is 1.05 bits per heavy atom. The van der Waals surface area contributed by atoms with Gasteiger partial charge in [-0.3, -0.25) is 9.59 Å². The van der Waals surface area contributed by atoms with Gasteiger partial charge in [-0.05, 0) is 43.9 Å². The number of rotatable bonds is 1. The van der Waals surface area contributed by atoms with Gasteiger partial charge in [0.05, 0.1) is 0 Å². The van der Waals surface area contributed by atoms with E-state index in [9.17, 15) is 9.59 Å². The molecule has 20 heavy (non-hydrogen) atoms. The first kappa shape index (κ1) is 15.3. The summed E-state index contributed by atoms with van der Waals surface area (Å²) >= 11 is 0. The second kappa shape index (κ2) is 5.38. The molecular weight excluding hydrogens is 252 g/mol. The summed E-state index contributed by atoms with van der Waals surface area (Å²) in [7, 11) is 0. The van der Waals surface area contributed by atoms with Crippen LogP contribution in [-0.2, 0) is 9.59 Å². The van der Waals surface area contributed by atoms with E-state index in [4.69, 9.17) is 0 Å². The van der Waals surface area contributed by atoms with Crippen molar-refractivity contribution in [1.82, 2.24) is 10.2 Å². The number of carbonyl (C=O) groups is 2. The lowest BCUT2D eigenvalue weighted by Crippen LogP contribution is -2.68. The van der Waals surface area contributed by atoms with Crippen molar-refractivity contribution in [3.63, 3.8) is 0 Å². The quantitative estimate of drug-likeness (QED) is 0.801. The lowest BCUT2D eigenvalue weighted by Gasteiger charge is -2.47. The first-order valence-corrected chi connectivity index (χ1v) is 7.84. The summed E-state index contributed by atoms with van der Waals surface area (Å²) in [5.41, 5.74) is -0.243. The molecule has 1 aliphatic carbocycles. The minimum Gasteiger partial charge on any atom is -0.342 e. The third-order valence-corrected chi connectivity index (χ3v) is 4.83. The highest BCUT2D eigenvalue weighted by Gasteiger charge is 2.46. The van der Waals surface area contributed by atoms with E-state index in [1.807, 2.05) is 32.6 Å². The molecule has 2 rings (SSSR count). The summed E-state index contributed by atoms with van der Waals surface area (Å²) in [6.45, 7) is 10.1. The van der Waals surface area contributed by atoms with E-state index in [1.54, 1.807) is 0 Å². The maximum absolute atomic E-state index is 12.8. The van der Waals surface area contributed by atoms with E-state index in [1.165, 1.54) is 0 Å². The minimum atomic E-state index is -0.398. The number of piperazine rings is 1. The molecule has 1 saturated heterocycles. The number of carbonyl (C=O) groups excluding carboxylic acids is 2. The monoisotopic (exact) mass is 280 g/mol. The van der Waals surface area contributed by atoms with Crippen LogP contribution in [0.15, 0.2) is 0 Å². The zero-order valence-electron chi connectivity index (χ0n) is 13.4. The fourth-order valence-electron chi connectivity index (χ4n) is 3.39. The predicted molar refractivity (Wildman–Crippen MR) is 79.1 cm³/mol. The number of hydrogen-bond donors (Lipinski definition) is 1. The van der Waals surface area contributed by atoms with Crippen LogP contribution in [-0.4, -0.2) is 34.8 Å². The maximum Gasteiger partial charge on any atom is 0.246 e. The van der Waals surface area contributed by atoms with Crippen LogP contribution in [0.3, 0.4) is 0 Å². The Morgan fingerprint density at radius 2 is 1.60 bits per heavy atom. The molecule has 1 aliphatic heterocycles. The molecule has 0 bridgehead atoms. The van der Waals surface area contributed by atoms with Gasteiger partial charge in [-0.1, -0.05) is 27.7 Å². The highest BCUT2D eigenvalue weighted by Crippen LogP contribution is 2.32. The summed E-state index contributed by atoms with van der Waals surface area (Å²) in [6, 6.07) is -0.491. The van der Waals surface area contributed by atoms with Gasteiger partial charge >= 0.3 is 0 Å². The van der Waals surface area contributed by atoms with Crippen molar-refractivity contribution in [3.8, 4) is 0 Å². The summed E-state index contributed by atoms with van der Waals surface area (Å²) in [5.74, 6) is 0.834. The molecule has 2 unspecified atom stereocenters. The van der Waals surface area contributed by atoms with Gasteiger partial charge < -0.3 is 10.2 Å². The van der Waals surface area contributed by atoms with Crippen molar-refractivity contribution in [1.29, 1.82) is 0 Å². The molecule has 4 heteroatoms. The first-order valence-electron chi connectivity index (χ1n) is 7.84. The highest BCUT2D eigenvalue weighted by molar-refractivity contribution is 5.97. The molecule has 2 amide bonds. The zero-order valence-corrected chi connectivity index (χ0v) is 13.4. The Bertz CT molecular complexity index is 392. The predicted octanol–water partition coefficient (Wildman–Crippen LogP) is 2.33. The van der Waals surface area contributed by atoms with Crippen molar-refractivity contribution in [3.05, 3.63) is 0 Å². The molecule has 0 radical (unpaired) electrons. The first-order chi connectivity index (χ1) is 9.21. The smallest absolute Gasteiger partial charge is 0.246 e. The number of nitrogens with one attached hydrogen (secondary N) is 1. The molecule has 2 atom stereocenters. The SMILES string of the molecule is CC1CCC(N2C(=O)C(C(C)(C)C)NC(=O)C2C)CC1. The Morgan fingerprint density at radius 3 is 2.10 bits per heavy atom. The number of amides is 2. The fraction of sp³-hybridized carbons (Fsp3) is 0.875. The van der Waals surface area contributed by atoms with Gasteiger partial charge in [-0.25, -0.2) is 0 Å². The van der Waals surface area contributed by atoms with Crippen LogP contribution in [0.4, 0.5) is 0 Å². The highest BCUT2D eigenvalue weighted by atomic mass is 16.2. The largest absolute Gasteiger partial charge is 0.342 e. The third-order valence-electron chi connectivity index (χ3n) is 4.83. The van der Waals surface area contributed by atoms with Crippen LogP contribution in [0, 0.1) is 11.3 Å². The average Bonchev–Trinajstić information content (AvgIpc) is 2.35. The minimum absolute atomic E-state index is 0.0110. The molecule has 1 saturated carbocycles. The van der Waals surface area contributed by atoms with Gasteiger partial charge in [0.1, 0.15) is 12.1 Å². The van der Waals surface area contributed by atoms with Gasteiger partial charge in [-0.2, -0.15) is 0 Å². The molecule has 1 heterocycles. The second-order valence-corrected chi connectivity index (χ2v) is 7.64. The summed E-state index contributed by atoms with van der Waals surface area (Å²) in [4.78, 5) is 26.9. The molecule has 0 aromatic carbocycles. The van der Waals surface area contributed by atoms with Crippen LogP contribution >= 0.6 is 0 Å². The van der Waals surface area contributed by atoms with E-state index in [-0.39, 0.29) is 29.3 Å². The third kappa shape index (κ3) is 2.84. The lowest BCUT2D eigenvalue weighted by atomic mass is 9.81. The molecule has 2 fully saturated rings. The van der Waals surface area contributed by atoms with Crippen LogP contribution in [0.5, 0.6) is 0 Å². The van der Waals surface area contributed by atoms with E-state index < -0.39 is 6.04 Å². The maximum atomic E-state index is 12.8. The summed E-state index contributed by atoms with van der Waals surface area (Å²) < 4.78 is 0. The van der Waals surface area contributed by atoms with Crippen molar-refractivity contribution in [2.24, 2.45) is 11.3 Å². The van der Waals surface area contributed by atoms with Crippen LogP contribution in [0.25, 0.3) is 0 Å². The molecule has 0 aromatic rings. The topological polar surface area (TPSA) is 49.4 Å². The number of hydrogen-bond acceptors (Lipinski definition) is 2. The van der Waals surface area contributed by atoms with Crippen LogP contribution in [0.2, 0.25) is 0 Å². The molecule has 0 aromatic heterocycles. The molecule has 4 nitrogen and oxygen atoms in total. The average molecular weight is 280 g/mol. The second-order valence-electron chi connectivity index (χ2n) is 7.64. The summed E-state index contributed by atoms with van der Waals surface area (Å²) in [6.07, 6.45) is 4.37. The fourth-order valence-corrected chi connectivity index (χ4v) is 3.39. The standard InChI is InChI=1S/C16H28N2O2/c1-10-6-8-12(9-7-10)18-11(2)14(19)17-13(15(18)20)16(3,4)5/h10-13H,6-9H2,1-5H3,(H,17,19). The van der Waals surface area contributed by atoms with Crippen molar-refractivity contribution >= 4 is 11.8 Å². The van der Waals surface area contributed by atoms with Crippen LogP contribution in [0.1, 0.15) is 60.3 Å². The Labute approximate surface area is 122 Å². The number of nitrogens with zero attached hydrogens (tertiary/aromatic N) is 1. The molecular formula is C16H28N2O2. The van der Waals surface area contributed by atoms with Gasteiger partial charge in [-0.15, -0.1) is 0 Å². The molecule has 0 spiro atoms. The van der Waals surface area contributed by atoms with E-state index >= 15 is 0 Å². The van der Waals surface area contributed by atoms with Gasteiger partial charge in [0.2, 0.25) is 11.8 Å². The molecule has 2 aliphatic rings. The van der Waals surface area contributed by atoms with Gasteiger partial charge in [0.15, 0.2) is 0 Å². The van der Waals surface area contributed by atoms with Gasteiger partial charge in [0.25, 0.3) is 0 Å². The molecule has 114 valence electrons. The lowest BCUT2D eigenvalue weighted by molar-refractivity contribution is -0.155. The van der Waals surface area contributed by atoms with Crippen molar-refractivity contribution in [2.75, 3.05) is 0 Å². The Balaban J connectivity index is 2.20.